The molecule has 0 amide bonds. The lowest BCUT2D eigenvalue weighted by molar-refractivity contribution is 0.322. The Bertz CT molecular complexity index is 489. The van der Waals surface area contributed by atoms with Gasteiger partial charge in [0.1, 0.15) is 0 Å². The Labute approximate surface area is 144 Å². The van der Waals surface area contributed by atoms with Crippen LogP contribution in [-0.4, -0.2) is 18.0 Å². The van der Waals surface area contributed by atoms with Crippen molar-refractivity contribution in [3.8, 4) is 0 Å². The van der Waals surface area contributed by atoms with Crippen LogP contribution in [0.4, 0.5) is 0 Å². The molecule has 0 aliphatic heterocycles. The maximum atomic E-state index is 6.02. The van der Waals surface area contributed by atoms with Crippen LogP contribution in [0.25, 0.3) is 0 Å². The summed E-state index contributed by atoms with van der Waals surface area (Å²) >= 11 is 0. The van der Waals surface area contributed by atoms with Crippen LogP contribution in [0.2, 0.25) is 0 Å². The zero-order valence-corrected chi connectivity index (χ0v) is 15.0. The van der Waals surface area contributed by atoms with Gasteiger partial charge in [-0.3, -0.25) is 4.99 Å². The first-order valence-corrected chi connectivity index (χ1v) is 7.87. The standard InChI is InChI=1S/C17H25N3.HI/c1-12-6-2-5-9-16(12)13-10-15(11-13)20-17(18)19-14-7-3-4-8-14;/h2,5-6,9,13-15H,3-4,7-8,10-11H2,1H3,(H3,18,19,20);1H. The molecule has 3 rings (SSSR count). The van der Waals surface area contributed by atoms with E-state index in [1.54, 1.807) is 0 Å². The van der Waals surface area contributed by atoms with Crippen LogP contribution < -0.4 is 11.1 Å². The number of halogens is 1. The number of rotatable bonds is 3. The molecule has 2 saturated carbocycles. The zero-order chi connectivity index (χ0) is 13.9. The Hall–Kier alpha value is -0.780. The van der Waals surface area contributed by atoms with E-state index in [1.165, 1.54) is 49.7 Å². The van der Waals surface area contributed by atoms with E-state index < -0.39 is 0 Å². The molecule has 116 valence electrons. The van der Waals surface area contributed by atoms with Gasteiger partial charge in [0.25, 0.3) is 0 Å². The van der Waals surface area contributed by atoms with Crippen LogP contribution in [0.5, 0.6) is 0 Å². The normalized spacial score (nSPS) is 26.0. The van der Waals surface area contributed by atoms with E-state index in [2.05, 4.69) is 41.5 Å². The number of nitrogens with zero attached hydrogens (tertiary/aromatic N) is 1. The summed E-state index contributed by atoms with van der Waals surface area (Å²) in [5.41, 5.74) is 8.92. The topological polar surface area (TPSA) is 50.4 Å². The third-order valence-electron chi connectivity index (χ3n) is 4.76. The summed E-state index contributed by atoms with van der Waals surface area (Å²) in [7, 11) is 0. The summed E-state index contributed by atoms with van der Waals surface area (Å²) in [5, 5.41) is 3.39. The third-order valence-corrected chi connectivity index (χ3v) is 4.76. The molecular formula is C17H26IN3. The molecule has 0 bridgehead atoms. The van der Waals surface area contributed by atoms with Gasteiger partial charge in [0.2, 0.25) is 0 Å². The lowest BCUT2D eigenvalue weighted by Crippen LogP contribution is -2.47. The Balaban J connectivity index is 0.00000161. The average Bonchev–Trinajstić information content (AvgIpc) is 2.87. The Kier molecular flexibility index (Phi) is 5.90. The predicted octanol–water partition coefficient (Wildman–Crippen LogP) is 3.71. The number of guanidine groups is 1. The molecule has 2 aliphatic carbocycles. The van der Waals surface area contributed by atoms with Crippen LogP contribution >= 0.6 is 24.0 Å². The Morgan fingerprint density at radius 3 is 2.52 bits per heavy atom. The quantitative estimate of drug-likeness (QED) is 0.463. The second-order valence-corrected chi connectivity index (χ2v) is 6.32. The fraction of sp³-hybridized carbons (Fsp3) is 0.588. The first kappa shape index (κ1) is 16.6. The van der Waals surface area contributed by atoms with Crippen LogP contribution in [0.1, 0.15) is 55.6 Å². The van der Waals surface area contributed by atoms with Gasteiger partial charge in [0.05, 0.1) is 6.04 Å². The summed E-state index contributed by atoms with van der Waals surface area (Å²) in [6.07, 6.45) is 7.37. The average molecular weight is 399 g/mol. The van der Waals surface area contributed by atoms with Crippen LogP contribution in [0, 0.1) is 6.92 Å². The third kappa shape index (κ3) is 4.11. The highest BCUT2D eigenvalue weighted by Crippen LogP contribution is 2.38. The van der Waals surface area contributed by atoms with Crippen molar-refractivity contribution in [1.29, 1.82) is 0 Å². The molecule has 0 saturated heterocycles. The molecule has 1 aromatic carbocycles. The number of aliphatic imine (C=N–C) groups is 1. The first-order valence-electron chi connectivity index (χ1n) is 7.87. The monoisotopic (exact) mass is 399 g/mol. The smallest absolute Gasteiger partial charge is 0.189 e. The number of benzene rings is 1. The largest absolute Gasteiger partial charge is 0.370 e. The van der Waals surface area contributed by atoms with Crippen molar-refractivity contribution in [2.24, 2.45) is 10.7 Å². The highest BCUT2D eigenvalue weighted by atomic mass is 127. The molecule has 3 nitrogen and oxygen atoms in total. The van der Waals surface area contributed by atoms with Crippen molar-refractivity contribution in [2.75, 3.05) is 0 Å². The molecule has 0 spiro atoms. The minimum Gasteiger partial charge on any atom is -0.370 e. The molecule has 2 aliphatic rings. The van der Waals surface area contributed by atoms with Crippen molar-refractivity contribution >= 4 is 29.9 Å². The van der Waals surface area contributed by atoms with Gasteiger partial charge < -0.3 is 11.1 Å². The maximum absolute atomic E-state index is 6.02. The number of nitrogens with two attached hydrogens (primary N) is 1. The van der Waals surface area contributed by atoms with Crippen LogP contribution in [0.15, 0.2) is 29.3 Å². The number of hydrogen-bond acceptors (Lipinski definition) is 1. The second kappa shape index (κ2) is 7.47. The number of hydrogen-bond donors (Lipinski definition) is 2. The van der Waals surface area contributed by atoms with E-state index in [0.717, 1.165) is 0 Å². The predicted molar refractivity (Wildman–Crippen MR) is 99.4 cm³/mol. The molecule has 0 heterocycles. The SMILES string of the molecule is Cc1ccccc1C1CC(NC(N)=NC2CCCC2)C1.I. The molecule has 2 fully saturated rings. The summed E-state index contributed by atoms with van der Waals surface area (Å²) in [6.45, 7) is 2.20. The molecular weight excluding hydrogens is 373 g/mol. The molecule has 21 heavy (non-hydrogen) atoms. The van der Waals surface area contributed by atoms with E-state index in [1.807, 2.05) is 0 Å². The van der Waals surface area contributed by atoms with Crippen molar-refractivity contribution < 1.29 is 0 Å². The van der Waals surface area contributed by atoms with Gasteiger partial charge in [0, 0.05) is 6.04 Å². The first-order chi connectivity index (χ1) is 9.72. The summed E-state index contributed by atoms with van der Waals surface area (Å²) in [6, 6.07) is 9.68. The highest BCUT2D eigenvalue weighted by Gasteiger charge is 2.31. The summed E-state index contributed by atoms with van der Waals surface area (Å²) < 4.78 is 0. The number of nitrogens with one attached hydrogen (secondary N) is 1. The van der Waals surface area contributed by atoms with Gasteiger partial charge in [-0.2, -0.15) is 0 Å². The van der Waals surface area contributed by atoms with Gasteiger partial charge in [0.15, 0.2) is 5.96 Å². The molecule has 1 aromatic rings. The van der Waals surface area contributed by atoms with Crippen molar-refractivity contribution in [3.63, 3.8) is 0 Å². The Morgan fingerprint density at radius 1 is 1.19 bits per heavy atom. The van der Waals surface area contributed by atoms with Gasteiger partial charge >= 0.3 is 0 Å². The van der Waals surface area contributed by atoms with Crippen molar-refractivity contribution in [3.05, 3.63) is 35.4 Å². The fourth-order valence-electron chi connectivity index (χ4n) is 3.51. The Morgan fingerprint density at radius 2 is 1.86 bits per heavy atom. The van der Waals surface area contributed by atoms with E-state index in [9.17, 15) is 0 Å². The molecule has 0 radical (unpaired) electrons. The summed E-state index contributed by atoms with van der Waals surface area (Å²) in [5.74, 6) is 1.35. The lowest BCUT2D eigenvalue weighted by Gasteiger charge is -2.37. The van der Waals surface area contributed by atoms with Gasteiger partial charge in [-0.15, -0.1) is 24.0 Å². The fourth-order valence-corrected chi connectivity index (χ4v) is 3.51. The van der Waals surface area contributed by atoms with E-state index in [0.29, 0.717) is 24.0 Å². The minimum absolute atomic E-state index is 0. The van der Waals surface area contributed by atoms with E-state index in [-0.39, 0.29) is 24.0 Å². The van der Waals surface area contributed by atoms with Gasteiger partial charge in [-0.25, -0.2) is 0 Å². The van der Waals surface area contributed by atoms with Crippen molar-refractivity contribution in [2.45, 2.75) is 63.5 Å². The zero-order valence-electron chi connectivity index (χ0n) is 12.7. The van der Waals surface area contributed by atoms with E-state index in [4.69, 9.17) is 5.73 Å². The lowest BCUT2D eigenvalue weighted by atomic mass is 9.74. The van der Waals surface area contributed by atoms with Crippen LogP contribution in [-0.2, 0) is 0 Å². The molecule has 0 atom stereocenters. The second-order valence-electron chi connectivity index (χ2n) is 6.32. The van der Waals surface area contributed by atoms with Crippen molar-refractivity contribution in [1.82, 2.24) is 5.32 Å². The maximum Gasteiger partial charge on any atom is 0.189 e. The summed E-state index contributed by atoms with van der Waals surface area (Å²) in [4.78, 5) is 4.60. The minimum atomic E-state index is 0. The van der Waals surface area contributed by atoms with Gasteiger partial charge in [-0.1, -0.05) is 37.1 Å². The van der Waals surface area contributed by atoms with E-state index >= 15 is 0 Å². The molecule has 4 heteroatoms. The van der Waals surface area contributed by atoms with Gasteiger partial charge in [-0.05, 0) is 49.7 Å². The molecule has 3 N–H and O–H groups in total. The molecule has 0 aromatic heterocycles. The molecule has 0 unspecified atom stereocenters. The highest BCUT2D eigenvalue weighted by molar-refractivity contribution is 14.0. The number of aryl methyl sites for hydroxylation is 1. The van der Waals surface area contributed by atoms with Crippen LogP contribution in [0.3, 0.4) is 0 Å².